The molecule has 246 valence electrons. The second-order valence-corrected chi connectivity index (χ2v) is 12.4. The van der Waals surface area contributed by atoms with E-state index in [1.54, 1.807) is 4.90 Å². The number of carbonyl (C=O) groups excluding carboxylic acids is 3. The van der Waals surface area contributed by atoms with Gasteiger partial charge in [0.25, 0.3) is 0 Å². The number of alkyl carbamates (subject to hydrolysis) is 1. The molecule has 0 bridgehead atoms. The number of anilines is 1. The van der Waals surface area contributed by atoms with Gasteiger partial charge in [-0.1, -0.05) is 72.8 Å². The number of nitrogens with zero attached hydrogens (tertiary/aromatic N) is 1. The average molecular weight is 632 g/mol. The molecule has 0 aromatic heterocycles. The van der Waals surface area contributed by atoms with Crippen molar-refractivity contribution in [2.75, 3.05) is 32.1 Å². The number of hydrogen-bond acceptors (Lipinski definition) is 7. The van der Waals surface area contributed by atoms with Crippen LogP contribution in [-0.4, -0.2) is 78.8 Å². The summed E-state index contributed by atoms with van der Waals surface area (Å²) in [5.74, 6) is -0.379. The minimum atomic E-state index is -0.894. The van der Waals surface area contributed by atoms with Crippen LogP contribution < -0.4 is 10.6 Å². The minimum absolute atomic E-state index is 0.0499. The summed E-state index contributed by atoms with van der Waals surface area (Å²) in [6.07, 6.45) is 0.0959. The number of nitrogens with one attached hydrogen (secondary N) is 2. The van der Waals surface area contributed by atoms with Crippen LogP contribution in [0.15, 0.2) is 78.9 Å². The van der Waals surface area contributed by atoms with E-state index in [9.17, 15) is 19.5 Å². The van der Waals surface area contributed by atoms with Crippen LogP contribution in [0.2, 0.25) is 0 Å². The highest BCUT2D eigenvalue weighted by Gasteiger charge is 2.33. The molecule has 1 saturated heterocycles. The van der Waals surface area contributed by atoms with Gasteiger partial charge >= 0.3 is 12.2 Å². The van der Waals surface area contributed by atoms with E-state index in [2.05, 4.69) is 10.6 Å². The maximum atomic E-state index is 13.6. The Morgan fingerprint density at radius 2 is 1.61 bits per heavy atom. The topological polar surface area (TPSA) is 126 Å². The van der Waals surface area contributed by atoms with Crippen molar-refractivity contribution >= 4 is 23.8 Å². The molecule has 0 radical (unpaired) electrons. The Balaban J connectivity index is 1.45. The Morgan fingerprint density at radius 3 is 2.30 bits per heavy atom. The van der Waals surface area contributed by atoms with E-state index in [0.29, 0.717) is 38.0 Å². The van der Waals surface area contributed by atoms with E-state index in [0.717, 1.165) is 22.3 Å². The Morgan fingerprint density at radius 1 is 0.935 bits per heavy atom. The summed E-state index contributed by atoms with van der Waals surface area (Å²) in [4.78, 5) is 40.4. The highest BCUT2D eigenvalue weighted by molar-refractivity contribution is 5.97. The Bertz CT molecular complexity index is 1460. The second-order valence-electron chi connectivity index (χ2n) is 12.4. The molecule has 3 atom stereocenters. The molecular weight excluding hydrogens is 586 g/mol. The number of para-hydroxylation sites is 1. The molecule has 10 nitrogen and oxygen atoms in total. The number of carbonyl (C=O) groups is 3. The third-order valence-corrected chi connectivity index (χ3v) is 7.61. The van der Waals surface area contributed by atoms with E-state index in [1.807, 2.05) is 99.6 Å². The molecule has 10 heteroatoms. The molecule has 0 aliphatic carbocycles. The zero-order valence-corrected chi connectivity index (χ0v) is 27.0. The number of aryl methyl sites for hydroxylation is 1. The normalized spacial score (nSPS) is 17.1. The van der Waals surface area contributed by atoms with E-state index < -0.39 is 23.8 Å². The Labute approximate surface area is 271 Å². The molecule has 46 heavy (non-hydrogen) atoms. The first kappa shape index (κ1) is 34.5. The summed E-state index contributed by atoms with van der Waals surface area (Å²) in [7, 11) is 1.26. The lowest BCUT2D eigenvalue weighted by Crippen LogP contribution is -2.51. The molecule has 1 aliphatic heterocycles. The summed E-state index contributed by atoms with van der Waals surface area (Å²) in [5, 5.41) is 15.2. The quantitative estimate of drug-likeness (QED) is 0.252. The monoisotopic (exact) mass is 631 g/mol. The van der Waals surface area contributed by atoms with Crippen molar-refractivity contribution in [3.8, 4) is 11.1 Å². The number of ether oxygens (including phenoxy) is 3. The molecule has 3 N–H and O–H groups in total. The fourth-order valence-electron chi connectivity index (χ4n) is 5.41. The first-order valence-electron chi connectivity index (χ1n) is 15.7. The summed E-state index contributed by atoms with van der Waals surface area (Å²) in [5.41, 5.74) is 3.83. The van der Waals surface area contributed by atoms with Crippen molar-refractivity contribution in [3.63, 3.8) is 0 Å². The lowest BCUT2D eigenvalue weighted by atomic mass is 9.99. The second kappa shape index (κ2) is 16.2. The summed E-state index contributed by atoms with van der Waals surface area (Å²) in [6.45, 7) is 6.14. The highest BCUT2D eigenvalue weighted by Crippen LogP contribution is 2.24. The number of rotatable bonds is 11. The predicted octanol–water partition coefficient (Wildman–Crippen LogP) is 5.58. The first-order chi connectivity index (χ1) is 22.0. The van der Waals surface area contributed by atoms with Gasteiger partial charge in [-0.2, -0.15) is 0 Å². The summed E-state index contributed by atoms with van der Waals surface area (Å²) < 4.78 is 16.6. The van der Waals surface area contributed by atoms with Gasteiger partial charge < -0.3 is 34.9 Å². The van der Waals surface area contributed by atoms with Crippen molar-refractivity contribution in [2.45, 2.75) is 70.3 Å². The highest BCUT2D eigenvalue weighted by atomic mass is 16.6. The zero-order chi connectivity index (χ0) is 33.1. The van der Waals surface area contributed by atoms with Gasteiger partial charge in [0.05, 0.1) is 32.4 Å². The number of benzene rings is 3. The van der Waals surface area contributed by atoms with Crippen LogP contribution in [0.5, 0.6) is 0 Å². The van der Waals surface area contributed by atoms with Crippen molar-refractivity contribution < 1.29 is 33.7 Å². The maximum Gasteiger partial charge on any atom is 0.410 e. The van der Waals surface area contributed by atoms with Gasteiger partial charge in [0.1, 0.15) is 11.6 Å². The van der Waals surface area contributed by atoms with E-state index in [1.165, 1.54) is 7.11 Å². The van der Waals surface area contributed by atoms with Crippen LogP contribution in [0.1, 0.15) is 44.7 Å². The standard InChI is InChI=1S/C36H45N3O7/c1-36(2,3)46-35(43)39-23-29(45-30(24-39)19-20-40)18-17-27-14-8-9-16-31(27)37-33(41)32(38-34(42)44-4)22-25-11-10-15-28(21-25)26-12-6-5-7-13-26/h5-16,21,29-30,32,40H,17-20,22-24H2,1-4H3,(H,37,41)(H,38,42)/t29-,30-,32+/m1/s1. The SMILES string of the molecule is COC(=O)N[C@@H](Cc1cccc(-c2ccccc2)c1)C(=O)Nc1ccccc1CC[C@@H]1CN(C(=O)OC(C)(C)C)C[C@@H](CCO)O1. The van der Waals surface area contributed by atoms with Crippen LogP contribution in [-0.2, 0) is 31.8 Å². The molecular formula is C36H45N3O7. The molecule has 0 saturated carbocycles. The van der Waals surface area contributed by atoms with Crippen molar-refractivity contribution in [1.29, 1.82) is 0 Å². The van der Waals surface area contributed by atoms with Gasteiger partial charge in [-0.05, 0) is 68.4 Å². The fourth-order valence-corrected chi connectivity index (χ4v) is 5.41. The zero-order valence-electron chi connectivity index (χ0n) is 27.0. The van der Waals surface area contributed by atoms with Crippen molar-refractivity contribution in [2.24, 2.45) is 0 Å². The number of methoxy groups -OCH3 is 1. The third kappa shape index (κ3) is 10.3. The Kier molecular flexibility index (Phi) is 12.2. The van der Waals surface area contributed by atoms with E-state index in [4.69, 9.17) is 14.2 Å². The molecule has 0 unspecified atom stereocenters. The van der Waals surface area contributed by atoms with Crippen LogP contribution in [0.25, 0.3) is 11.1 Å². The number of hydrogen-bond donors (Lipinski definition) is 3. The van der Waals surface area contributed by atoms with Gasteiger partial charge in [0.15, 0.2) is 0 Å². The van der Waals surface area contributed by atoms with Gasteiger partial charge in [0, 0.05) is 18.7 Å². The molecule has 1 aliphatic rings. The number of morpholine rings is 1. The molecule has 1 fully saturated rings. The van der Waals surface area contributed by atoms with Gasteiger partial charge in [0.2, 0.25) is 5.91 Å². The fraction of sp³-hybridized carbons (Fsp3) is 0.417. The van der Waals surface area contributed by atoms with Crippen molar-refractivity contribution in [1.82, 2.24) is 10.2 Å². The summed E-state index contributed by atoms with van der Waals surface area (Å²) in [6, 6.07) is 24.4. The molecule has 4 rings (SSSR count). The summed E-state index contributed by atoms with van der Waals surface area (Å²) >= 11 is 0. The van der Waals surface area contributed by atoms with E-state index in [-0.39, 0.29) is 31.1 Å². The number of aliphatic hydroxyl groups excluding tert-OH is 1. The average Bonchev–Trinajstić information content (AvgIpc) is 3.03. The predicted molar refractivity (Wildman–Crippen MR) is 176 cm³/mol. The number of aliphatic hydroxyl groups is 1. The molecule has 0 spiro atoms. The first-order valence-corrected chi connectivity index (χ1v) is 15.7. The van der Waals surface area contributed by atoms with Gasteiger partial charge in [-0.15, -0.1) is 0 Å². The maximum absolute atomic E-state index is 13.6. The Hall–Kier alpha value is -4.41. The van der Waals surface area contributed by atoms with Gasteiger partial charge in [-0.3, -0.25) is 4.79 Å². The van der Waals surface area contributed by atoms with Crippen LogP contribution in [0.4, 0.5) is 15.3 Å². The number of amides is 3. The van der Waals surface area contributed by atoms with Crippen LogP contribution >= 0.6 is 0 Å². The third-order valence-electron chi connectivity index (χ3n) is 7.61. The van der Waals surface area contributed by atoms with Crippen LogP contribution in [0.3, 0.4) is 0 Å². The minimum Gasteiger partial charge on any atom is -0.453 e. The molecule has 1 heterocycles. The lowest BCUT2D eigenvalue weighted by Gasteiger charge is -2.38. The van der Waals surface area contributed by atoms with Crippen molar-refractivity contribution in [3.05, 3.63) is 90.0 Å². The van der Waals surface area contributed by atoms with E-state index >= 15 is 0 Å². The van der Waals surface area contributed by atoms with Gasteiger partial charge in [-0.25, -0.2) is 9.59 Å². The smallest absolute Gasteiger partial charge is 0.410 e. The molecule has 3 aromatic carbocycles. The largest absolute Gasteiger partial charge is 0.453 e. The van der Waals surface area contributed by atoms with Crippen LogP contribution in [0, 0.1) is 0 Å². The molecule has 3 aromatic rings. The lowest BCUT2D eigenvalue weighted by molar-refractivity contribution is -0.118. The molecule has 3 amide bonds.